The van der Waals surface area contributed by atoms with Gasteiger partial charge in [0.25, 0.3) is 0 Å². The molecule has 2 N–H and O–H groups in total. The molecule has 1 unspecified atom stereocenters. The molecule has 30 heavy (non-hydrogen) atoms. The van der Waals surface area contributed by atoms with Gasteiger partial charge in [-0.1, -0.05) is 0 Å². The Morgan fingerprint density at radius 1 is 0.800 bits per heavy atom. The molecule has 0 saturated carbocycles. The zero-order chi connectivity index (χ0) is 22.1. The molecular formula is C20H8F8O2. The predicted molar refractivity (Wildman–Crippen MR) is 90.7 cm³/mol. The number of hydrogen-bond donors (Lipinski definition) is 2. The molecule has 0 aromatic heterocycles. The Bertz CT molecular complexity index is 1360. The summed E-state index contributed by atoms with van der Waals surface area (Å²) in [5.74, 6) is -16.2. The van der Waals surface area contributed by atoms with Crippen LogP contribution >= 0.6 is 0 Å². The number of halogens is 8. The normalized spacial score (nSPS) is 18.1. The molecule has 1 aliphatic carbocycles. The first kappa shape index (κ1) is 20.0. The Balaban J connectivity index is 2.33. The molecule has 0 aliphatic heterocycles. The molecule has 0 heterocycles. The van der Waals surface area contributed by atoms with Gasteiger partial charge >= 0.3 is 5.92 Å². The van der Waals surface area contributed by atoms with Crippen molar-refractivity contribution in [3.8, 4) is 22.6 Å². The topological polar surface area (TPSA) is 40.5 Å². The molecule has 3 aromatic carbocycles. The van der Waals surface area contributed by atoms with E-state index in [0.717, 1.165) is 12.1 Å². The zero-order valence-corrected chi connectivity index (χ0v) is 14.4. The molecule has 3 aromatic rings. The summed E-state index contributed by atoms with van der Waals surface area (Å²) in [6.07, 6.45) is -3.66. The van der Waals surface area contributed by atoms with Crippen LogP contribution in [-0.2, 0) is 0 Å². The third-order valence-electron chi connectivity index (χ3n) is 4.87. The van der Waals surface area contributed by atoms with Gasteiger partial charge in [-0.25, -0.2) is 26.3 Å². The molecule has 1 atom stereocenters. The first-order chi connectivity index (χ1) is 14.0. The minimum Gasteiger partial charge on any atom is -0.507 e. The molecule has 0 amide bonds. The van der Waals surface area contributed by atoms with Gasteiger partial charge in [0.1, 0.15) is 23.1 Å². The number of phenolic OH excluding ortho intramolecular Hbond substituents is 2. The van der Waals surface area contributed by atoms with Crippen LogP contribution in [0.4, 0.5) is 35.1 Å². The van der Waals surface area contributed by atoms with E-state index in [1.807, 2.05) is 0 Å². The lowest BCUT2D eigenvalue weighted by Gasteiger charge is -2.23. The Hall–Kier alpha value is -3.30. The summed E-state index contributed by atoms with van der Waals surface area (Å²) in [7, 11) is 0. The largest absolute Gasteiger partial charge is 0.507 e. The standard InChI is InChI=1S/C20H8F8O2/c21-8-5-9(22)16(23)6-1-3-10(29)14(12(6)8)15-11(30)4-2-7-13(15)18(25)20(27,28)19(26)17(7)24/h1-5,19,29-30H. The second kappa shape index (κ2) is 6.35. The van der Waals surface area contributed by atoms with E-state index in [0.29, 0.717) is 12.1 Å². The highest BCUT2D eigenvalue weighted by molar-refractivity contribution is 6.02. The zero-order valence-electron chi connectivity index (χ0n) is 14.4. The number of rotatable bonds is 1. The summed E-state index contributed by atoms with van der Waals surface area (Å²) in [5, 5.41) is 16.4. The summed E-state index contributed by atoms with van der Waals surface area (Å²) >= 11 is 0. The average Bonchev–Trinajstić information content (AvgIpc) is 2.69. The van der Waals surface area contributed by atoms with Crippen molar-refractivity contribution in [1.29, 1.82) is 0 Å². The van der Waals surface area contributed by atoms with E-state index in [2.05, 4.69) is 0 Å². The Labute approximate surface area is 161 Å². The second-order valence-electron chi connectivity index (χ2n) is 6.57. The molecular weight excluding hydrogens is 424 g/mol. The third-order valence-corrected chi connectivity index (χ3v) is 4.87. The Kier molecular flexibility index (Phi) is 4.23. The number of benzene rings is 3. The van der Waals surface area contributed by atoms with E-state index in [9.17, 15) is 45.3 Å². The molecule has 0 spiro atoms. The van der Waals surface area contributed by atoms with Crippen molar-refractivity contribution in [2.75, 3.05) is 0 Å². The highest BCUT2D eigenvalue weighted by Crippen LogP contribution is 2.43. The van der Waals surface area contributed by atoms with Crippen LogP contribution in [0.5, 0.6) is 11.5 Å². The van der Waals surface area contributed by atoms with Crippen LogP contribution in [-0.4, -0.2) is 22.3 Å². The first-order valence-electron chi connectivity index (χ1n) is 8.21. The van der Waals surface area contributed by atoms with E-state index in [1.54, 1.807) is 0 Å². The SMILES string of the molecule is Oc1ccc2c(c1-c1c(O)ccc3c(F)c(F)cc(F)c13)=C(F)C(F)(F)C(F)C=2F. The third kappa shape index (κ3) is 2.49. The fourth-order valence-electron chi connectivity index (χ4n) is 3.50. The molecule has 0 bridgehead atoms. The minimum atomic E-state index is -4.98. The first-order valence-corrected chi connectivity index (χ1v) is 8.21. The van der Waals surface area contributed by atoms with Gasteiger partial charge in [0.2, 0.25) is 6.17 Å². The number of fused-ring (bicyclic) bond motifs is 2. The van der Waals surface area contributed by atoms with Crippen LogP contribution in [0.3, 0.4) is 0 Å². The quantitative estimate of drug-likeness (QED) is 0.440. The lowest BCUT2D eigenvalue weighted by Crippen LogP contribution is -2.46. The van der Waals surface area contributed by atoms with E-state index in [4.69, 9.17) is 0 Å². The van der Waals surface area contributed by atoms with Crippen molar-refractivity contribution < 1.29 is 45.3 Å². The van der Waals surface area contributed by atoms with E-state index < -0.39 is 85.0 Å². The van der Waals surface area contributed by atoms with Gasteiger partial charge < -0.3 is 10.2 Å². The highest BCUT2D eigenvalue weighted by atomic mass is 19.3. The smallest absolute Gasteiger partial charge is 0.336 e. The maximum atomic E-state index is 14.6. The van der Waals surface area contributed by atoms with Gasteiger partial charge in [0, 0.05) is 38.4 Å². The summed E-state index contributed by atoms with van der Waals surface area (Å²) in [6, 6.07) is 2.86. The van der Waals surface area contributed by atoms with Crippen molar-refractivity contribution in [3.63, 3.8) is 0 Å². The van der Waals surface area contributed by atoms with Gasteiger partial charge in [-0.05, 0) is 24.3 Å². The lowest BCUT2D eigenvalue weighted by molar-refractivity contribution is -0.0127. The predicted octanol–water partition coefficient (Wildman–Crippen LogP) is 4.48. The van der Waals surface area contributed by atoms with E-state index in [-0.39, 0.29) is 6.07 Å². The molecule has 156 valence electrons. The van der Waals surface area contributed by atoms with Crippen molar-refractivity contribution in [1.82, 2.24) is 0 Å². The van der Waals surface area contributed by atoms with Gasteiger partial charge in [-0.2, -0.15) is 8.78 Å². The molecule has 1 aliphatic rings. The second-order valence-corrected chi connectivity index (χ2v) is 6.57. The number of hydrogen-bond acceptors (Lipinski definition) is 2. The van der Waals surface area contributed by atoms with Gasteiger partial charge in [-0.3, -0.25) is 0 Å². The Morgan fingerprint density at radius 2 is 1.40 bits per heavy atom. The van der Waals surface area contributed by atoms with E-state index in [1.165, 1.54) is 0 Å². The Morgan fingerprint density at radius 3 is 2.07 bits per heavy atom. The molecule has 0 fully saturated rings. The van der Waals surface area contributed by atoms with Crippen LogP contribution in [0, 0.1) is 17.5 Å². The van der Waals surface area contributed by atoms with Crippen LogP contribution in [0.2, 0.25) is 0 Å². The van der Waals surface area contributed by atoms with Gasteiger partial charge in [0.05, 0.1) is 0 Å². The number of aromatic hydroxyl groups is 2. The number of alkyl halides is 3. The fourth-order valence-corrected chi connectivity index (χ4v) is 3.50. The fraction of sp³-hybridized carbons (Fsp3) is 0.100. The summed E-state index contributed by atoms with van der Waals surface area (Å²) in [6.45, 7) is 0. The van der Waals surface area contributed by atoms with Crippen molar-refractivity contribution in [3.05, 3.63) is 58.2 Å². The van der Waals surface area contributed by atoms with Gasteiger partial charge in [-0.15, -0.1) is 0 Å². The maximum Gasteiger partial charge on any atom is 0.336 e. The molecule has 0 saturated heterocycles. The van der Waals surface area contributed by atoms with E-state index >= 15 is 0 Å². The average molecular weight is 432 g/mol. The monoisotopic (exact) mass is 432 g/mol. The highest BCUT2D eigenvalue weighted by Gasteiger charge is 2.51. The van der Waals surface area contributed by atoms with Crippen LogP contribution in [0.15, 0.2) is 30.3 Å². The summed E-state index contributed by atoms with van der Waals surface area (Å²) in [5.41, 5.74) is -1.95. The van der Waals surface area contributed by atoms with Crippen molar-refractivity contribution in [2.45, 2.75) is 12.1 Å². The van der Waals surface area contributed by atoms with Crippen molar-refractivity contribution in [2.24, 2.45) is 0 Å². The molecule has 2 nitrogen and oxygen atoms in total. The van der Waals surface area contributed by atoms with Crippen LogP contribution in [0.25, 0.3) is 33.6 Å². The van der Waals surface area contributed by atoms with Gasteiger partial charge in [0.15, 0.2) is 17.5 Å². The molecule has 0 radical (unpaired) electrons. The molecule has 10 heteroatoms. The summed E-state index contributed by atoms with van der Waals surface area (Å²) in [4.78, 5) is 0. The van der Waals surface area contributed by atoms with Crippen molar-refractivity contribution >= 4 is 22.4 Å². The molecule has 4 rings (SSSR count). The van der Waals surface area contributed by atoms with Crippen LogP contribution in [0.1, 0.15) is 0 Å². The van der Waals surface area contributed by atoms with Crippen LogP contribution < -0.4 is 10.4 Å². The maximum absolute atomic E-state index is 14.6. The minimum absolute atomic E-state index is 0.0893. The summed E-state index contributed by atoms with van der Waals surface area (Å²) < 4.78 is 113. The number of phenols is 2. The lowest BCUT2D eigenvalue weighted by atomic mass is 9.90.